The molecule has 3 aromatic carbocycles. The summed E-state index contributed by atoms with van der Waals surface area (Å²) in [7, 11) is -3.91. The van der Waals surface area contributed by atoms with Crippen LogP contribution in [0.25, 0.3) is 0 Å². The van der Waals surface area contributed by atoms with E-state index in [9.17, 15) is 22.4 Å². The lowest BCUT2D eigenvalue weighted by Gasteiger charge is -2.48. The molecule has 1 heterocycles. The Labute approximate surface area is 220 Å². The van der Waals surface area contributed by atoms with Crippen LogP contribution in [0.5, 0.6) is 5.75 Å². The molecule has 11 heteroatoms. The summed E-state index contributed by atoms with van der Waals surface area (Å²) in [4.78, 5) is 22.9. The number of hydrogen-bond acceptors (Lipinski definition) is 7. The average Bonchev–Trinajstić information content (AvgIpc) is 2.86. The van der Waals surface area contributed by atoms with Crippen molar-refractivity contribution in [3.63, 3.8) is 0 Å². The lowest BCUT2D eigenvalue weighted by molar-refractivity contribution is -0.145. The summed E-state index contributed by atoms with van der Waals surface area (Å²) in [6, 6.07) is 20.0. The van der Waals surface area contributed by atoms with Crippen molar-refractivity contribution in [1.29, 1.82) is 0 Å². The first-order valence-corrected chi connectivity index (χ1v) is 13.3. The average molecular weight is 542 g/mol. The highest BCUT2D eigenvalue weighted by molar-refractivity contribution is 7.89. The van der Waals surface area contributed by atoms with E-state index in [2.05, 4.69) is 0 Å². The first kappa shape index (κ1) is 27.2. The van der Waals surface area contributed by atoms with E-state index < -0.39 is 39.4 Å². The zero-order valence-corrected chi connectivity index (χ0v) is 21.3. The molecule has 1 amide bonds. The topological polar surface area (TPSA) is 142 Å². The van der Waals surface area contributed by atoms with E-state index in [1.807, 2.05) is 30.3 Å². The van der Waals surface area contributed by atoms with Crippen LogP contribution in [0.2, 0.25) is 0 Å². The number of nitrogens with zero attached hydrogens (tertiary/aromatic N) is 1. The summed E-state index contributed by atoms with van der Waals surface area (Å²) in [6.07, 6.45) is -0.0785. The quantitative estimate of drug-likeness (QED) is 0.354. The van der Waals surface area contributed by atoms with Gasteiger partial charge in [-0.3, -0.25) is 9.59 Å². The van der Waals surface area contributed by atoms with E-state index >= 15 is 0 Å². The van der Waals surface area contributed by atoms with Crippen molar-refractivity contribution in [3.05, 3.63) is 95.8 Å². The Kier molecular flexibility index (Phi) is 8.10. The van der Waals surface area contributed by atoms with Gasteiger partial charge in [0.15, 0.2) is 5.60 Å². The van der Waals surface area contributed by atoms with Crippen molar-refractivity contribution in [2.45, 2.75) is 29.4 Å². The Morgan fingerprint density at radius 2 is 1.71 bits per heavy atom. The summed E-state index contributed by atoms with van der Waals surface area (Å²) in [5, 5.41) is 0. The van der Waals surface area contributed by atoms with Crippen LogP contribution in [0.1, 0.15) is 17.5 Å². The zero-order valence-electron chi connectivity index (χ0n) is 20.5. The normalized spacial score (nSPS) is 15.7. The summed E-state index contributed by atoms with van der Waals surface area (Å²) in [6.45, 7) is -0.135. The molecule has 0 aromatic heterocycles. The summed E-state index contributed by atoms with van der Waals surface area (Å²) in [5.74, 6) is -1.48. The van der Waals surface area contributed by atoms with Crippen LogP contribution in [0, 0.1) is 5.82 Å². The number of esters is 1. The van der Waals surface area contributed by atoms with Crippen molar-refractivity contribution in [1.82, 2.24) is 4.31 Å². The maximum absolute atomic E-state index is 13.8. The highest BCUT2D eigenvalue weighted by Gasteiger charge is 2.52. The number of nitrogens with two attached hydrogens (primary N) is 2. The molecule has 1 fully saturated rings. The molecule has 0 bridgehead atoms. The maximum Gasteiger partial charge on any atom is 0.323 e. The third-order valence-electron chi connectivity index (χ3n) is 6.16. The first-order valence-electron chi connectivity index (χ1n) is 11.9. The molecule has 1 atom stereocenters. The van der Waals surface area contributed by atoms with Crippen LogP contribution in [0.3, 0.4) is 0 Å². The standard InChI is InChI=1S/C27H28FN3O6S/c28-21-9-5-10-22(16-21)37-27(20-7-2-1-3-8-20)17-31(18-27)38(34,35)23-11-4-6-19(14-23)15-24(29)26(33)36-13-12-25(30)32/h1-11,14,16,24H,12-13,15,17-18,29H2,(H2,30,32)/t24-/m0/s1. The minimum atomic E-state index is -3.91. The number of benzene rings is 3. The maximum atomic E-state index is 13.8. The molecule has 4 rings (SSSR count). The SMILES string of the molecule is NC(=O)CCOC(=O)[C@@H](N)Cc1cccc(S(=O)(=O)N2CC(Oc3cccc(F)c3)(c3ccccc3)C2)c1. The molecule has 4 N–H and O–H groups in total. The van der Waals surface area contributed by atoms with Gasteiger partial charge in [0.1, 0.15) is 24.2 Å². The van der Waals surface area contributed by atoms with Crippen LogP contribution < -0.4 is 16.2 Å². The van der Waals surface area contributed by atoms with Crippen LogP contribution in [-0.2, 0) is 36.4 Å². The number of carbonyl (C=O) groups is 2. The summed E-state index contributed by atoms with van der Waals surface area (Å²) >= 11 is 0. The molecule has 0 spiro atoms. The molecule has 3 aromatic rings. The van der Waals surface area contributed by atoms with Crippen molar-refractivity contribution in [2.24, 2.45) is 11.5 Å². The summed E-state index contributed by atoms with van der Waals surface area (Å²) < 4.78 is 53.1. The molecule has 1 aliphatic heterocycles. The van der Waals surface area contributed by atoms with E-state index in [1.165, 1.54) is 34.6 Å². The van der Waals surface area contributed by atoms with Gasteiger partial charge in [-0.25, -0.2) is 12.8 Å². The van der Waals surface area contributed by atoms with Crippen molar-refractivity contribution >= 4 is 21.9 Å². The molecule has 1 saturated heterocycles. The van der Waals surface area contributed by atoms with Gasteiger partial charge in [-0.1, -0.05) is 48.5 Å². The van der Waals surface area contributed by atoms with Crippen molar-refractivity contribution in [2.75, 3.05) is 19.7 Å². The molecule has 38 heavy (non-hydrogen) atoms. The lowest BCUT2D eigenvalue weighted by Crippen LogP contribution is -2.64. The van der Waals surface area contributed by atoms with Gasteiger partial charge in [-0.2, -0.15) is 4.31 Å². The monoisotopic (exact) mass is 541 g/mol. The van der Waals surface area contributed by atoms with Crippen LogP contribution >= 0.6 is 0 Å². The number of sulfonamides is 1. The van der Waals surface area contributed by atoms with Crippen LogP contribution in [0.15, 0.2) is 83.8 Å². The molecule has 200 valence electrons. The van der Waals surface area contributed by atoms with E-state index in [-0.39, 0.29) is 37.4 Å². The van der Waals surface area contributed by atoms with Gasteiger partial charge in [0.05, 0.1) is 24.4 Å². The second-order valence-corrected chi connectivity index (χ2v) is 11.0. The van der Waals surface area contributed by atoms with E-state index in [0.717, 1.165) is 5.56 Å². The van der Waals surface area contributed by atoms with Crippen molar-refractivity contribution in [3.8, 4) is 5.75 Å². The first-order chi connectivity index (χ1) is 18.1. The third kappa shape index (κ3) is 6.18. The highest BCUT2D eigenvalue weighted by Crippen LogP contribution is 2.40. The predicted molar refractivity (Wildman–Crippen MR) is 137 cm³/mol. The number of rotatable bonds is 11. The number of halogens is 1. The molecule has 0 saturated carbocycles. The Morgan fingerprint density at radius 3 is 2.39 bits per heavy atom. The number of amides is 1. The second-order valence-electron chi connectivity index (χ2n) is 9.03. The van der Waals surface area contributed by atoms with Gasteiger partial charge in [0, 0.05) is 6.07 Å². The predicted octanol–water partition coefficient (Wildman–Crippen LogP) is 2.09. The molecule has 0 aliphatic carbocycles. The van der Waals surface area contributed by atoms with Gasteiger partial charge in [-0.05, 0) is 41.8 Å². The van der Waals surface area contributed by atoms with Crippen LogP contribution in [0.4, 0.5) is 4.39 Å². The largest absolute Gasteiger partial charge is 0.480 e. The number of hydrogen-bond donors (Lipinski definition) is 2. The number of primary amides is 1. The Balaban J connectivity index is 1.48. The summed E-state index contributed by atoms with van der Waals surface area (Å²) in [5.41, 5.74) is 11.2. The molecule has 0 unspecified atom stereocenters. The van der Waals surface area contributed by atoms with Crippen molar-refractivity contribution < 1.29 is 31.9 Å². The minimum absolute atomic E-state index is 0.0196. The Morgan fingerprint density at radius 1 is 1.00 bits per heavy atom. The Hall–Kier alpha value is -3.80. The molecule has 9 nitrogen and oxygen atoms in total. The van der Waals surface area contributed by atoms with E-state index in [0.29, 0.717) is 11.3 Å². The van der Waals surface area contributed by atoms with Gasteiger partial charge >= 0.3 is 5.97 Å². The fraction of sp³-hybridized carbons (Fsp3) is 0.259. The van der Waals surface area contributed by atoms with Gasteiger partial charge < -0.3 is 20.9 Å². The Bertz CT molecular complexity index is 1410. The van der Waals surface area contributed by atoms with Gasteiger partial charge in [0.25, 0.3) is 0 Å². The van der Waals surface area contributed by atoms with E-state index in [1.54, 1.807) is 18.2 Å². The van der Waals surface area contributed by atoms with Gasteiger partial charge in [0.2, 0.25) is 15.9 Å². The molecular formula is C27H28FN3O6S. The molecular weight excluding hydrogens is 513 g/mol. The lowest BCUT2D eigenvalue weighted by atomic mass is 9.87. The third-order valence-corrected chi connectivity index (χ3v) is 7.95. The zero-order chi connectivity index (χ0) is 27.3. The number of ether oxygens (including phenoxy) is 2. The molecule has 0 radical (unpaired) electrons. The fourth-order valence-corrected chi connectivity index (χ4v) is 5.78. The smallest absolute Gasteiger partial charge is 0.323 e. The van der Waals surface area contributed by atoms with E-state index in [4.69, 9.17) is 20.9 Å². The highest BCUT2D eigenvalue weighted by atomic mass is 32.2. The van der Waals surface area contributed by atoms with Gasteiger partial charge in [-0.15, -0.1) is 0 Å². The minimum Gasteiger partial charge on any atom is -0.480 e. The fourth-order valence-electron chi connectivity index (χ4n) is 4.18. The van der Waals surface area contributed by atoms with Crippen LogP contribution in [-0.4, -0.2) is 50.3 Å². The molecule has 1 aliphatic rings. The number of carbonyl (C=O) groups excluding carboxylic acids is 2. The second kappa shape index (κ2) is 11.3.